The quantitative estimate of drug-likeness (QED) is 0.805. The highest BCUT2D eigenvalue weighted by atomic mass is 32.2. The summed E-state index contributed by atoms with van der Waals surface area (Å²) >= 11 is 1.95. The van der Waals surface area contributed by atoms with E-state index in [1.807, 2.05) is 11.8 Å². The predicted molar refractivity (Wildman–Crippen MR) is 73.3 cm³/mol. The first kappa shape index (κ1) is 13.2. The van der Waals surface area contributed by atoms with E-state index in [2.05, 4.69) is 17.6 Å². The van der Waals surface area contributed by atoms with E-state index in [1.165, 1.54) is 31.4 Å². The van der Waals surface area contributed by atoms with Crippen LogP contribution in [0.15, 0.2) is 0 Å². The van der Waals surface area contributed by atoms with Crippen LogP contribution in [0.4, 0.5) is 0 Å². The van der Waals surface area contributed by atoms with Gasteiger partial charge < -0.3 is 10.6 Å². The standard InChI is InChI=1S/C13H24N2OS/c1-10(11-4-2-3-5-11)15-13(16)8-12-9-17-7-6-14-12/h10-12,14H,2-9H2,1H3,(H,15,16)/t10-,12?/m0/s1. The monoisotopic (exact) mass is 256 g/mol. The first-order chi connectivity index (χ1) is 8.25. The van der Waals surface area contributed by atoms with E-state index in [9.17, 15) is 4.79 Å². The van der Waals surface area contributed by atoms with Gasteiger partial charge in [-0.05, 0) is 25.7 Å². The van der Waals surface area contributed by atoms with Gasteiger partial charge in [-0.25, -0.2) is 0 Å². The van der Waals surface area contributed by atoms with Crippen LogP contribution in [0.5, 0.6) is 0 Å². The minimum Gasteiger partial charge on any atom is -0.353 e. The lowest BCUT2D eigenvalue weighted by atomic mass is 9.99. The topological polar surface area (TPSA) is 41.1 Å². The van der Waals surface area contributed by atoms with E-state index in [0.29, 0.717) is 24.4 Å². The molecule has 1 heterocycles. The van der Waals surface area contributed by atoms with Gasteiger partial charge >= 0.3 is 0 Å². The molecule has 0 aromatic rings. The Kier molecular flexibility index (Phi) is 5.16. The number of rotatable bonds is 4. The molecule has 0 bridgehead atoms. The van der Waals surface area contributed by atoms with Crippen LogP contribution in [0.2, 0.25) is 0 Å². The maximum absolute atomic E-state index is 11.9. The Balaban J connectivity index is 1.68. The number of carbonyl (C=O) groups is 1. The average Bonchev–Trinajstić information content (AvgIpc) is 2.83. The maximum Gasteiger partial charge on any atom is 0.221 e. The number of carbonyl (C=O) groups excluding carboxylic acids is 1. The molecule has 1 aliphatic heterocycles. The molecule has 2 rings (SSSR count). The lowest BCUT2D eigenvalue weighted by Gasteiger charge is -2.25. The van der Waals surface area contributed by atoms with Crippen LogP contribution >= 0.6 is 11.8 Å². The Bertz CT molecular complexity index is 248. The van der Waals surface area contributed by atoms with Crippen molar-refractivity contribution >= 4 is 17.7 Å². The molecule has 17 heavy (non-hydrogen) atoms. The molecule has 2 aliphatic rings. The van der Waals surface area contributed by atoms with Gasteiger partial charge in [-0.1, -0.05) is 12.8 Å². The maximum atomic E-state index is 11.9. The zero-order valence-corrected chi connectivity index (χ0v) is 11.5. The summed E-state index contributed by atoms with van der Waals surface area (Å²) in [5.41, 5.74) is 0. The van der Waals surface area contributed by atoms with Crippen molar-refractivity contribution in [1.82, 2.24) is 10.6 Å². The second kappa shape index (κ2) is 6.64. The molecule has 1 unspecified atom stereocenters. The van der Waals surface area contributed by atoms with Crippen LogP contribution in [0, 0.1) is 5.92 Å². The van der Waals surface area contributed by atoms with Crippen molar-refractivity contribution in [3.05, 3.63) is 0 Å². The molecule has 0 aromatic carbocycles. The van der Waals surface area contributed by atoms with Crippen LogP contribution in [0.3, 0.4) is 0 Å². The molecule has 3 nitrogen and oxygen atoms in total. The van der Waals surface area contributed by atoms with Gasteiger partial charge in [-0.3, -0.25) is 4.79 Å². The van der Waals surface area contributed by atoms with E-state index in [1.54, 1.807) is 0 Å². The fraction of sp³-hybridized carbons (Fsp3) is 0.923. The average molecular weight is 256 g/mol. The van der Waals surface area contributed by atoms with Gasteiger partial charge in [-0.15, -0.1) is 0 Å². The van der Waals surface area contributed by atoms with Crippen molar-refractivity contribution < 1.29 is 4.79 Å². The van der Waals surface area contributed by atoms with Crippen molar-refractivity contribution in [2.24, 2.45) is 5.92 Å². The highest BCUT2D eigenvalue weighted by Crippen LogP contribution is 2.27. The van der Waals surface area contributed by atoms with Crippen LogP contribution in [-0.2, 0) is 4.79 Å². The molecule has 0 spiro atoms. The zero-order chi connectivity index (χ0) is 12.1. The molecule has 2 atom stereocenters. The van der Waals surface area contributed by atoms with Crippen LogP contribution in [0.25, 0.3) is 0 Å². The predicted octanol–water partition coefficient (Wildman–Crippen LogP) is 1.78. The minimum absolute atomic E-state index is 0.226. The molecule has 1 amide bonds. The summed E-state index contributed by atoms with van der Waals surface area (Å²) in [6, 6.07) is 0.741. The van der Waals surface area contributed by atoms with Gasteiger partial charge in [0.15, 0.2) is 0 Å². The molecule has 0 aromatic heterocycles. The van der Waals surface area contributed by atoms with Crippen molar-refractivity contribution in [3.8, 4) is 0 Å². The van der Waals surface area contributed by atoms with Crippen LogP contribution in [-0.4, -0.2) is 36.0 Å². The van der Waals surface area contributed by atoms with Gasteiger partial charge in [0, 0.05) is 36.6 Å². The summed E-state index contributed by atoms with van der Waals surface area (Å²) in [7, 11) is 0. The van der Waals surface area contributed by atoms with Crippen molar-refractivity contribution in [2.45, 2.75) is 51.1 Å². The SMILES string of the molecule is C[C@H](NC(=O)CC1CSCCN1)C1CCCC1. The number of hydrogen-bond acceptors (Lipinski definition) is 3. The van der Waals surface area contributed by atoms with Crippen LogP contribution in [0.1, 0.15) is 39.0 Å². The van der Waals surface area contributed by atoms with E-state index in [0.717, 1.165) is 12.3 Å². The van der Waals surface area contributed by atoms with E-state index >= 15 is 0 Å². The second-order valence-electron chi connectivity index (χ2n) is 5.33. The summed E-state index contributed by atoms with van der Waals surface area (Å²) in [4.78, 5) is 11.9. The molecule has 1 saturated heterocycles. The smallest absolute Gasteiger partial charge is 0.221 e. The third-order valence-electron chi connectivity index (χ3n) is 3.93. The third kappa shape index (κ3) is 4.18. The molecule has 2 N–H and O–H groups in total. The molecule has 1 aliphatic carbocycles. The van der Waals surface area contributed by atoms with E-state index in [4.69, 9.17) is 0 Å². The Morgan fingerprint density at radius 1 is 1.47 bits per heavy atom. The zero-order valence-electron chi connectivity index (χ0n) is 10.7. The lowest BCUT2D eigenvalue weighted by molar-refractivity contribution is -0.122. The molecule has 98 valence electrons. The summed E-state index contributed by atoms with van der Waals surface area (Å²) in [6.45, 7) is 3.21. The van der Waals surface area contributed by atoms with Gasteiger partial charge in [0.25, 0.3) is 0 Å². The fourth-order valence-electron chi connectivity index (χ4n) is 2.86. The van der Waals surface area contributed by atoms with Crippen LogP contribution < -0.4 is 10.6 Å². The first-order valence-electron chi connectivity index (χ1n) is 6.86. The van der Waals surface area contributed by atoms with Crippen molar-refractivity contribution in [3.63, 3.8) is 0 Å². The normalized spacial score (nSPS) is 27.9. The molecule has 1 saturated carbocycles. The van der Waals surface area contributed by atoms with Gasteiger partial charge in [0.1, 0.15) is 0 Å². The first-order valence-corrected chi connectivity index (χ1v) is 8.01. The molecule has 0 radical (unpaired) electrons. The largest absolute Gasteiger partial charge is 0.353 e. The van der Waals surface area contributed by atoms with E-state index in [-0.39, 0.29) is 5.91 Å². The Labute approximate surface area is 108 Å². The highest BCUT2D eigenvalue weighted by Gasteiger charge is 2.24. The Hall–Kier alpha value is -0.220. The molecular formula is C13H24N2OS. The number of hydrogen-bond donors (Lipinski definition) is 2. The summed E-state index contributed by atoms with van der Waals surface area (Å²) < 4.78 is 0. The summed E-state index contributed by atoms with van der Waals surface area (Å²) in [5, 5.41) is 6.59. The van der Waals surface area contributed by atoms with E-state index < -0.39 is 0 Å². The van der Waals surface area contributed by atoms with Gasteiger partial charge in [-0.2, -0.15) is 11.8 Å². The second-order valence-corrected chi connectivity index (χ2v) is 6.48. The fourth-order valence-corrected chi connectivity index (χ4v) is 3.81. The van der Waals surface area contributed by atoms with Crippen molar-refractivity contribution in [1.29, 1.82) is 0 Å². The third-order valence-corrected chi connectivity index (χ3v) is 5.06. The Morgan fingerprint density at radius 3 is 2.88 bits per heavy atom. The summed E-state index contributed by atoms with van der Waals surface area (Å²) in [5.74, 6) is 3.19. The number of thioether (sulfide) groups is 1. The summed E-state index contributed by atoms with van der Waals surface area (Å²) in [6.07, 6.45) is 5.90. The van der Waals surface area contributed by atoms with Crippen molar-refractivity contribution in [2.75, 3.05) is 18.1 Å². The number of amides is 1. The molecular weight excluding hydrogens is 232 g/mol. The Morgan fingerprint density at radius 2 is 2.24 bits per heavy atom. The highest BCUT2D eigenvalue weighted by molar-refractivity contribution is 7.99. The van der Waals surface area contributed by atoms with Gasteiger partial charge in [0.2, 0.25) is 5.91 Å². The molecule has 2 fully saturated rings. The molecule has 4 heteroatoms. The number of nitrogens with one attached hydrogen (secondary N) is 2. The minimum atomic E-state index is 0.226. The van der Waals surface area contributed by atoms with Gasteiger partial charge in [0.05, 0.1) is 0 Å². The lowest BCUT2D eigenvalue weighted by Crippen LogP contribution is -2.44.